The van der Waals surface area contributed by atoms with Gasteiger partial charge in [-0.1, -0.05) is 116 Å². The molecule has 0 aromatic heterocycles. The largest absolute Gasteiger partial charge is 0.481 e. The SMILES string of the molecule is CCC(C)C(C)(C)C(C(=O)O)C(C)C(C)(C)C(C)(C)CC(C)(C(=O)OC)C(C)(C)C(C)(CC)CC. The molecular formula is C31H60O4. The van der Waals surface area contributed by atoms with Crippen LogP contribution in [0.15, 0.2) is 0 Å². The van der Waals surface area contributed by atoms with E-state index in [-0.39, 0.29) is 44.9 Å². The molecule has 4 nitrogen and oxygen atoms in total. The number of aliphatic carboxylic acids is 1. The summed E-state index contributed by atoms with van der Waals surface area (Å²) in [6.45, 7) is 32.6. The van der Waals surface area contributed by atoms with E-state index < -0.39 is 17.3 Å². The zero-order chi connectivity index (χ0) is 28.4. The van der Waals surface area contributed by atoms with E-state index in [2.05, 4.69) is 104 Å². The van der Waals surface area contributed by atoms with E-state index in [1.807, 2.05) is 0 Å². The van der Waals surface area contributed by atoms with Crippen LogP contribution >= 0.6 is 0 Å². The van der Waals surface area contributed by atoms with Crippen molar-refractivity contribution in [2.45, 2.75) is 130 Å². The molecule has 0 spiro atoms. The van der Waals surface area contributed by atoms with Crippen molar-refractivity contribution in [1.29, 1.82) is 0 Å². The van der Waals surface area contributed by atoms with Crippen LogP contribution in [0.1, 0.15) is 130 Å². The minimum atomic E-state index is -0.742. The van der Waals surface area contributed by atoms with Gasteiger partial charge >= 0.3 is 11.9 Å². The van der Waals surface area contributed by atoms with E-state index in [9.17, 15) is 14.7 Å². The number of hydrogen-bond acceptors (Lipinski definition) is 3. The van der Waals surface area contributed by atoms with Crippen molar-refractivity contribution in [3.8, 4) is 0 Å². The van der Waals surface area contributed by atoms with Gasteiger partial charge in [0.2, 0.25) is 0 Å². The van der Waals surface area contributed by atoms with Crippen LogP contribution in [0.4, 0.5) is 0 Å². The number of ether oxygens (including phenoxy) is 1. The average Bonchev–Trinajstić information content (AvgIpc) is 2.75. The van der Waals surface area contributed by atoms with Crippen molar-refractivity contribution in [3.05, 3.63) is 0 Å². The molecule has 0 saturated carbocycles. The van der Waals surface area contributed by atoms with Crippen LogP contribution in [0.5, 0.6) is 0 Å². The molecule has 0 amide bonds. The molecule has 0 bridgehead atoms. The smallest absolute Gasteiger partial charge is 0.312 e. The average molecular weight is 497 g/mol. The Kier molecular flexibility index (Phi) is 10.8. The number of carboxylic acid groups (broad SMARTS) is 1. The summed E-state index contributed by atoms with van der Waals surface area (Å²) in [5.41, 5.74) is -2.19. The van der Waals surface area contributed by atoms with Crippen LogP contribution in [0.3, 0.4) is 0 Å². The molecule has 0 rings (SSSR count). The summed E-state index contributed by atoms with van der Waals surface area (Å²) in [5, 5.41) is 10.4. The molecule has 0 fully saturated rings. The van der Waals surface area contributed by atoms with Gasteiger partial charge in [-0.2, -0.15) is 0 Å². The van der Waals surface area contributed by atoms with E-state index in [1.165, 1.54) is 7.11 Å². The zero-order valence-corrected chi connectivity index (χ0v) is 26.2. The molecule has 0 aromatic carbocycles. The third-order valence-electron chi connectivity index (χ3n) is 12.2. The maximum Gasteiger partial charge on any atom is 0.312 e. The first-order valence-corrected chi connectivity index (χ1v) is 13.8. The Morgan fingerprint density at radius 3 is 1.57 bits per heavy atom. The Hall–Kier alpha value is -1.06. The van der Waals surface area contributed by atoms with Gasteiger partial charge in [-0.15, -0.1) is 0 Å². The highest BCUT2D eigenvalue weighted by molar-refractivity contribution is 5.77. The van der Waals surface area contributed by atoms with Crippen LogP contribution in [-0.4, -0.2) is 24.2 Å². The van der Waals surface area contributed by atoms with E-state index in [1.54, 1.807) is 0 Å². The topological polar surface area (TPSA) is 63.6 Å². The Labute approximate surface area is 218 Å². The molecular weight excluding hydrogens is 436 g/mol. The second-order valence-corrected chi connectivity index (χ2v) is 14.2. The normalized spacial score (nSPS) is 18.4. The molecule has 0 aromatic rings. The van der Waals surface area contributed by atoms with Crippen LogP contribution in [-0.2, 0) is 14.3 Å². The van der Waals surface area contributed by atoms with Gasteiger partial charge in [-0.25, -0.2) is 0 Å². The number of carbonyl (C=O) groups excluding carboxylic acids is 1. The lowest BCUT2D eigenvalue weighted by Gasteiger charge is -2.58. The Morgan fingerprint density at radius 1 is 0.829 bits per heavy atom. The van der Waals surface area contributed by atoms with Gasteiger partial charge in [0, 0.05) is 0 Å². The van der Waals surface area contributed by atoms with Gasteiger partial charge in [0.1, 0.15) is 0 Å². The first-order chi connectivity index (χ1) is 15.5. The molecule has 208 valence electrons. The Bertz CT molecular complexity index is 726. The predicted octanol–water partition coefficient (Wildman–Crippen LogP) is 8.87. The molecule has 35 heavy (non-hydrogen) atoms. The summed E-state index contributed by atoms with van der Waals surface area (Å²) in [6, 6.07) is 0. The quantitative estimate of drug-likeness (QED) is 0.244. The fourth-order valence-electron chi connectivity index (χ4n) is 6.73. The molecule has 4 unspecified atom stereocenters. The lowest BCUT2D eigenvalue weighted by Crippen LogP contribution is -2.56. The van der Waals surface area contributed by atoms with Crippen molar-refractivity contribution in [3.63, 3.8) is 0 Å². The monoisotopic (exact) mass is 496 g/mol. The van der Waals surface area contributed by atoms with Crippen LogP contribution < -0.4 is 0 Å². The van der Waals surface area contributed by atoms with E-state index in [0.717, 1.165) is 19.3 Å². The Balaban J connectivity index is 6.78. The van der Waals surface area contributed by atoms with E-state index in [0.29, 0.717) is 6.42 Å². The summed E-state index contributed by atoms with van der Waals surface area (Å²) in [7, 11) is 1.49. The van der Waals surface area contributed by atoms with Crippen LogP contribution in [0.25, 0.3) is 0 Å². The van der Waals surface area contributed by atoms with E-state index >= 15 is 0 Å². The summed E-state index contributed by atoms with van der Waals surface area (Å²) in [6.07, 6.45) is 3.48. The molecule has 0 aliphatic rings. The third-order valence-corrected chi connectivity index (χ3v) is 12.2. The summed E-state index contributed by atoms with van der Waals surface area (Å²) >= 11 is 0. The molecule has 0 radical (unpaired) electrons. The standard InChI is InChI=1S/C31H60O4/c1-17-21(4)27(8,9)23(24(32)33)22(5)28(10,11)26(6,7)20-31(15,25(34)35-16)29(12,13)30(14,18-2)19-3/h21-23H,17-20H2,1-16H3,(H,32,33). The molecule has 0 heterocycles. The number of rotatable bonds is 14. The van der Waals surface area contributed by atoms with Crippen molar-refractivity contribution in [2.75, 3.05) is 7.11 Å². The number of carbonyl (C=O) groups is 2. The van der Waals surface area contributed by atoms with Crippen molar-refractivity contribution in [2.24, 2.45) is 50.2 Å². The lowest BCUT2D eigenvalue weighted by molar-refractivity contribution is -0.179. The minimum Gasteiger partial charge on any atom is -0.481 e. The summed E-state index contributed by atoms with van der Waals surface area (Å²) in [4.78, 5) is 26.3. The first-order valence-electron chi connectivity index (χ1n) is 13.8. The molecule has 1 N–H and O–H groups in total. The fraction of sp³-hybridized carbons (Fsp3) is 0.935. The van der Waals surface area contributed by atoms with Crippen LogP contribution in [0, 0.1) is 50.2 Å². The second kappa shape index (κ2) is 11.1. The highest BCUT2D eigenvalue weighted by atomic mass is 16.5. The highest BCUT2D eigenvalue weighted by Crippen LogP contribution is 2.63. The summed E-state index contributed by atoms with van der Waals surface area (Å²) in [5.74, 6) is -1.23. The van der Waals surface area contributed by atoms with Gasteiger partial charge < -0.3 is 9.84 Å². The zero-order valence-electron chi connectivity index (χ0n) is 26.2. The minimum absolute atomic E-state index is 0.0517. The molecule has 0 aliphatic carbocycles. The van der Waals surface area contributed by atoms with Crippen molar-refractivity contribution < 1.29 is 19.4 Å². The number of carboxylic acids is 1. The summed E-state index contributed by atoms with van der Waals surface area (Å²) < 4.78 is 5.46. The van der Waals surface area contributed by atoms with Crippen molar-refractivity contribution >= 4 is 11.9 Å². The fourth-order valence-corrected chi connectivity index (χ4v) is 6.73. The molecule has 4 heteroatoms. The van der Waals surface area contributed by atoms with Gasteiger partial charge in [0.05, 0.1) is 18.4 Å². The molecule has 0 saturated heterocycles. The number of hydrogen-bond donors (Lipinski definition) is 1. The first kappa shape index (κ1) is 33.9. The van der Waals surface area contributed by atoms with E-state index in [4.69, 9.17) is 4.74 Å². The third kappa shape index (κ3) is 5.77. The lowest BCUT2D eigenvalue weighted by atomic mass is 9.45. The predicted molar refractivity (Wildman–Crippen MR) is 148 cm³/mol. The Morgan fingerprint density at radius 2 is 1.26 bits per heavy atom. The number of esters is 1. The highest BCUT2D eigenvalue weighted by Gasteiger charge is 2.60. The van der Waals surface area contributed by atoms with Gasteiger partial charge in [0.15, 0.2) is 0 Å². The van der Waals surface area contributed by atoms with Gasteiger partial charge in [0.25, 0.3) is 0 Å². The maximum absolute atomic E-state index is 13.5. The maximum atomic E-state index is 13.5. The van der Waals surface area contributed by atoms with Crippen LogP contribution in [0.2, 0.25) is 0 Å². The molecule has 0 aliphatic heterocycles. The van der Waals surface area contributed by atoms with Gasteiger partial charge in [-0.05, 0) is 52.3 Å². The second-order valence-electron chi connectivity index (χ2n) is 14.2. The van der Waals surface area contributed by atoms with Crippen molar-refractivity contribution in [1.82, 2.24) is 0 Å². The van der Waals surface area contributed by atoms with Gasteiger partial charge in [-0.3, -0.25) is 9.59 Å². The molecule has 4 atom stereocenters. The number of methoxy groups -OCH3 is 1.